The average molecular weight is 565 g/mol. The maximum atomic E-state index is 13.4. The molecule has 4 unspecified atom stereocenters. The lowest BCUT2D eigenvalue weighted by molar-refractivity contribution is -0.140. The number of allylic oxidation sites excluding steroid dienone is 2. The van der Waals surface area contributed by atoms with E-state index in [1.54, 1.807) is 6.07 Å². The van der Waals surface area contributed by atoms with Gasteiger partial charge >= 0.3 is 0 Å². The summed E-state index contributed by atoms with van der Waals surface area (Å²) in [7, 11) is 0. The number of nitrogens with zero attached hydrogens (tertiary/aromatic N) is 2. The summed E-state index contributed by atoms with van der Waals surface area (Å²) in [5.74, 6) is 0.531. The normalized spacial score (nSPS) is 25.6. The number of rotatable bonds is 7. The van der Waals surface area contributed by atoms with Crippen molar-refractivity contribution in [3.8, 4) is 0 Å². The Hall–Kier alpha value is -2.43. The number of aromatic amines is 1. The number of carbonyl (C=O) groups excluding carboxylic acids is 2. The van der Waals surface area contributed by atoms with E-state index < -0.39 is 0 Å². The van der Waals surface area contributed by atoms with E-state index in [9.17, 15) is 14.0 Å². The van der Waals surface area contributed by atoms with Crippen molar-refractivity contribution >= 4 is 52.7 Å². The highest BCUT2D eigenvalue weighted by Gasteiger charge is 2.58. The van der Waals surface area contributed by atoms with Gasteiger partial charge in [0.25, 0.3) is 0 Å². The Labute approximate surface area is 209 Å². The number of guanidine groups is 1. The Kier molecular flexibility index (Phi) is 7.06. The van der Waals surface area contributed by atoms with Crippen LogP contribution in [0.2, 0.25) is 0 Å². The molecule has 9 heteroatoms. The minimum atomic E-state index is -0.259. The quantitative estimate of drug-likeness (QED) is 0.159. The lowest BCUT2D eigenvalue weighted by atomic mass is 9.85. The number of halogens is 2. The summed E-state index contributed by atoms with van der Waals surface area (Å²) in [6.45, 7) is 4.06. The maximum absolute atomic E-state index is 13.4. The number of benzene rings is 1. The minimum Gasteiger partial charge on any atom is -0.361 e. The zero-order chi connectivity index (χ0) is 22.2. The molecule has 2 bridgehead atoms. The smallest absolute Gasteiger partial charge is 0.233 e. The second-order valence-electron chi connectivity index (χ2n) is 8.77. The van der Waals surface area contributed by atoms with Crippen LogP contribution in [0.1, 0.15) is 18.9 Å². The number of H-pyrrole nitrogens is 1. The maximum Gasteiger partial charge on any atom is 0.233 e. The molecule has 3 N–H and O–H groups in total. The number of hydrogen-bond acceptors (Lipinski definition) is 3. The number of fused-ring (bicyclic) bond motifs is 6. The van der Waals surface area contributed by atoms with Crippen LogP contribution in [-0.2, 0) is 16.0 Å². The highest BCUT2D eigenvalue weighted by Crippen LogP contribution is 2.52. The molecule has 4 atom stereocenters. The molecule has 2 aromatic rings. The fraction of sp³-hybridized carbons (Fsp3) is 0.458. The van der Waals surface area contributed by atoms with Gasteiger partial charge in [-0.1, -0.05) is 12.2 Å². The average Bonchev–Trinajstić information content (AvgIpc) is 3.54. The molecule has 176 valence electrons. The molecule has 3 aliphatic rings. The SMILES string of the molecule is CCNC(=NCCc1c[nH]c2cc(F)ccc12)NCCN1C(=O)C2C3C=CC(C3)C2C1=O.I. The number of nitrogens with one attached hydrogen (secondary N) is 3. The molecule has 2 heterocycles. The third kappa shape index (κ3) is 4.39. The van der Waals surface area contributed by atoms with E-state index in [-0.39, 0.29) is 65.3 Å². The van der Waals surface area contributed by atoms with E-state index in [1.807, 2.05) is 13.1 Å². The van der Waals surface area contributed by atoms with Gasteiger partial charge in [-0.25, -0.2) is 4.39 Å². The fourth-order valence-corrected chi connectivity index (χ4v) is 5.47. The van der Waals surface area contributed by atoms with Crippen molar-refractivity contribution in [3.05, 3.63) is 47.9 Å². The first-order chi connectivity index (χ1) is 15.6. The van der Waals surface area contributed by atoms with Gasteiger partial charge in [0.1, 0.15) is 5.82 Å². The van der Waals surface area contributed by atoms with Gasteiger partial charge in [-0.05, 0) is 55.4 Å². The number of aromatic nitrogens is 1. The molecule has 0 spiro atoms. The second kappa shape index (κ2) is 9.82. The van der Waals surface area contributed by atoms with Crippen LogP contribution in [0.15, 0.2) is 41.5 Å². The van der Waals surface area contributed by atoms with Gasteiger partial charge in [0.15, 0.2) is 5.96 Å². The van der Waals surface area contributed by atoms with Crippen LogP contribution < -0.4 is 10.6 Å². The number of likely N-dealkylation sites (tertiary alicyclic amines) is 1. The summed E-state index contributed by atoms with van der Waals surface area (Å²) in [5.41, 5.74) is 1.87. The standard InChI is InChI=1S/C24H28FN5O2.HI/c1-2-26-24(27-8-7-16-13-29-19-12-17(25)5-6-18(16)19)28-9-10-30-22(31)20-14-3-4-15(11-14)21(20)23(30)32;/h3-6,12-15,20-21,29H,2,7-11H2,1H3,(H2,26,27,28);1H. The largest absolute Gasteiger partial charge is 0.361 e. The summed E-state index contributed by atoms with van der Waals surface area (Å²) < 4.78 is 13.4. The van der Waals surface area contributed by atoms with Crippen molar-refractivity contribution in [1.82, 2.24) is 20.5 Å². The highest BCUT2D eigenvalue weighted by molar-refractivity contribution is 14.0. The van der Waals surface area contributed by atoms with E-state index in [0.717, 1.165) is 22.9 Å². The van der Waals surface area contributed by atoms with Crippen molar-refractivity contribution in [3.63, 3.8) is 0 Å². The highest BCUT2D eigenvalue weighted by atomic mass is 127. The third-order valence-corrected chi connectivity index (χ3v) is 6.91. The molecular formula is C24H29FIN5O2. The summed E-state index contributed by atoms with van der Waals surface area (Å²) in [5, 5.41) is 7.44. The van der Waals surface area contributed by atoms with Gasteiger partial charge in [-0.2, -0.15) is 0 Å². The minimum absolute atomic E-state index is 0. The first-order valence-electron chi connectivity index (χ1n) is 11.4. The molecule has 5 rings (SSSR count). The Morgan fingerprint density at radius 2 is 1.91 bits per heavy atom. The lowest BCUT2D eigenvalue weighted by Gasteiger charge is -2.18. The number of aliphatic imine (C=N–C) groups is 1. The molecule has 0 radical (unpaired) electrons. The Morgan fingerprint density at radius 1 is 1.18 bits per heavy atom. The predicted molar refractivity (Wildman–Crippen MR) is 136 cm³/mol. The first kappa shape index (κ1) is 23.7. The van der Waals surface area contributed by atoms with Gasteiger partial charge in [0, 0.05) is 43.3 Å². The molecule has 1 aromatic carbocycles. The second-order valence-corrected chi connectivity index (χ2v) is 8.77. The van der Waals surface area contributed by atoms with E-state index in [2.05, 4.69) is 32.8 Å². The van der Waals surface area contributed by atoms with Gasteiger partial charge in [0.2, 0.25) is 11.8 Å². The van der Waals surface area contributed by atoms with Gasteiger partial charge in [-0.3, -0.25) is 19.5 Å². The van der Waals surface area contributed by atoms with E-state index in [1.165, 1.54) is 17.0 Å². The molecule has 1 aromatic heterocycles. The molecule has 1 saturated heterocycles. The van der Waals surface area contributed by atoms with Crippen molar-refractivity contribution in [1.29, 1.82) is 0 Å². The van der Waals surface area contributed by atoms with E-state index >= 15 is 0 Å². The Morgan fingerprint density at radius 3 is 2.61 bits per heavy atom. The Balaban J connectivity index is 0.00000259. The third-order valence-electron chi connectivity index (χ3n) is 6.91. The van der Waals surface area contributed by atoms with Crippen molar-refractivity contribution in [2.75, 3.05) is 26.2 Å². The molecule has 1 saturated carbocycles. The molecule has 2 aliphatic carbocycles. The van der Waals surface area contributed by atoms with Crippen LogP contribution in [0.3, 0.4) is 0 Å². The molecule has 2 amide bonds. The van der Waals surface area contributed by atoms with Gasteiger partial charge in [0.05, 0.1) is 11.8 Å². The molecule has 33 heavy (non-hydrogen) atoms. The van der Waals surface area contributed by atoms with Crippen molar-refractivity contribution in [2.45, 2.75) is 19.8 Å². The zero-order valence-corrected chi connectivity index (χ0v) is 20.8. The van der Waals surface area contributed by atoms with E-state index in [0.29, 0.717) is 38.6 Å². The van der Waals surface area contributed by atoms with Crippen LogP contribution in [0, 0.1) is 29.5 Å². The Bertz CT molecular complexity index is 1080. The first-order valence-corrected chi connectivity index (χ1v) is 11.4. The summed E-state index contributed by atoms with van der Waals surface area (Å²) in [4.78, 5) is 34.7. The van der Waals surface area contributed by atoms with Crippen molar-refractivity contribution < 1.29 is 14.0 Å². The van der Waals surface area contributed by atoms with Gasteiger partial charge < -0.3 is 15.6 Å². The van der Waals surface area contributed by atoms with Crippen LogP contribution in [0.4, 0.5) is 4.39 Å². The summed E-state index contributed by atoms with van der Waals surface area (Å²) >= 11 is 0. The summed E-state index contributed by atoms with van der Waals surface area (Å²) in [6.07, 6.45) is 7.77. The summed E-state index contributed by atoms with van der Waals surface area (Å²) in [6, 6.07) is 4.74. The fourth-order valence-electron chi connectivity index (χ4n) is 5.47. The molecular weight excluding hydrogens is 536 g/mol. The zero-order valence-electron chi connectivity index (χ0n) is 18.5. The van der Waals surface area contributed by atoms with Crippen LogP contribution in [0.25, 0.3) is 10.9 Å². The van der Waals surface area contributed by atoms with Crippen molar-refractivity contribution in [2.24, 2.45) is 28.7 Å². The molecule has 1 aliphatic heterocycles. The molecule has 2 fully saturated rings. The monoisotopic (exact) mass is 565 g/mol. The number of carbonyl (C=O) groups is 2. The number of amides is 2. The molecule has 7 nitrogen and oxygen atoms in total. The van der Waals surface area contributed by atoms with Crippen LogP contribution in [0.5, 0.6) is 0 Å². The van der Waals surface area contributed by atoms with Gasteiger partial charge in [-0.15, -0.1) is 24.0 Å². The van der Waals surface area contributed by atoms with Crippen LogP contribution >= 0.6 is 24.0 Å². The van der Waals surface area contributed by atoms with Crippen LogP contribution in [-0.4, -0.2) is 53.8 Å². The predicted octanol–water partition coefficient (Wildman–Crippen LogP) is 2.83. The van der Waals surface area contributed by atoms with E-state index in [4.69, 9.17) is 0 Å². The number of imide groups is 1. The lowest BCUT2D eigenvalue weighted by Crippen LogP contribution is -2.43. The number of hydrogen-bond donors (Lipinski definition) is 3. The topological polar surface area (TPSA) is 89.6 Å².